The first kappa shape index (κ1) is 11.9. The summed E-state index contributed by atoms with van der Waals surface area (Å²) in [4.78, 5) is 0. The Hall–Kier alpha value is 0.210. The molecule has 0 aliphatic rings. The van der Waals surface area contributed by atoms with Crippen molar-refractivity contribution in [3.63, 3.8) is 0 Å². The molecule has 0 saturated carbocycles. The SMILES string of the molecule is CCCCCC(N)O.Cl. The van der Waals surface area contributed by atoms with Crippen LogP contribution in [-0.2, 0) is 0 Å². The Morgan fingerprint density at radius 3 is 2.33 bits per heavy atom. The predicted octanol–water partition coefficient (Wildman–Crippen LogP) is 1.27. The molecule has 0 spiro atoms. The van der Waals surface area contributed by atoms with E-state index < -0.39 is 6.23 Å². The summed E-state index contributed by atoms with van der Waals surface area (Å²) in [6, 6.07) is 0. The van der Waals surface area contributed by atoms with Crippen molar-refractivity contribution >= 4 is 12.4 Å². The molecule has 0 aliphatic heterocycles. The first-order chi connectivity index (χ1) is 3.77. The molecule has 2 nitrogen and oxygen atoms in total. The third-order valence-electron chi connectivity index (χ3n) is 1.10. The molecule has 0 radical (unpaired) electrons. The van der Waals surface area contributed by atoms with Crippen LogP contribution in [0.4, 0.5) is 0 Å². The van der Waals surface area contributed by atoms with Crippen LogP contribution in [-0.4, -0.2) is 11.3 Å². The number of hydrogen-bond acceptors (Lipinski definition) is 2. The monoisotopic (exact) mass is 153 g/mol. The molecule has 0 fully saturated rings. The van der Waals surface area contributed by atoms with Gasteiger partial charge in [0, 0.05) is 0 Å². The molecule has 0 aromatic rings. The highest BCUT2D eigenvalue weighted by molar-refractivity contribution is 5.85. The van der Waals surface area contributed by atoms with Gasteiger partial charge in [-0.3, -0.25) is 0 Å². The Bertz CT molecular complexity index is 50.3. The lowest BCUT2D eigenvalue weighted by molar-refractivity contribution is 0.168. The summed E-state index contributed by atoms with van der Waals surface area (Å²) in [7, 11) is 0. The maximum atomic E-state index is 8.56. The number of unbranched alkanes of at least 4 members (excludes halogenated alkanes) is 2. The van der Waals surface area contributed by atoms with E-state index >= 15 is 0 Å². The fraction of sp³-hybridized carbons (Fsp3) is 1.00. The quantitative estimate of drug-likeness (QED) is 0.472. The van der Waals surface area contributed by atoms with Gasteiger partial charge in [0.05, 0.1) is 0 Å². The molecule has 0 bridgehead atoms. The Morgan fingerprint density at radius 1 is 1.44 bits per heavy atom. The van der Waals surface area contributed by atoms with Crippen molar-refractivity contribution in [3.05, 3.63) is 0 Å². The number of rotatable bonds is 4. The molecule has 0 aromatic carbocycles. The van der Waals surface area contributed by atoms with Gasteiger partial charge in [-0.2, -0.15) is 0 Å². The number of halogens is 1. The Morgan fingerprint density at radius 2 is 2.00 bits per heavy atom. The minimum Gasteiger partial charge on any atom is -0.379 e. The van der Waals surface area contributed by atoms with E-state index in [2.05, 4.69) is 6.92 Å². The lowest BCUT2D eigenvalue weighted by Crippen LogP contribution is -2.17. The van der Waals surface area contributed by atoms with E-state index in [9.17, 15) is 0 Å². The second-order valence-corrected chi connectivity index (χ2v) is 2.06. The smallest absolute Gasteiger partial charge is 0.102 e. The van der Waals surface area contributed by atoms with Crippen molar-refractivity contribution in [2.75, 3.05) is 0 Å². The molecule has 1 atom stereocenters. The van der Waals surface area contributed by atoms with Crippen LogP contribution >= 0.6 is 12.4 Å². The first-order valence-corrected chi connectivity index (χ1v) is 3.21. The fourth-order valence-corrected chi connectivity index (χ4v) is 0.603. The molecule has 0 aliphatic carbocycles. The second-order valence-electron chi connectivity index (χ2n) is 2.06. The van der Waals surface area contributed by atoms with Crippen molar-refractivity contribution < 1.29 is 5.11 Å². The molecule has 3 heteroatoms. The zero-order valence-electron chi connectivity index (χ0n) is 5.84. The van der Waals surface area contributed by atoms with E-state index in [1.54, 1.807) is 0 Å². The molecular weight excluding hydrogens is 138 g/mol. The van der Waals surface area contributed by atoms with Gasteiger partial charge in [-0.05, 0) is 12.8 Å². The predicted molar refractivity (Wildman–Crippen MR) is 41.6 cm³/mol. The maximum Gasteiger partial charge on any atom is 0.102 e. The van der Waals surface area contributed by atoms with Crippen LogP contribution < -0.4 is 5.73 Å². The third kappa shape index (κ3) is 11.7. The van der Waals surface area contributed by atoms with Gasteiger partial charge in [0.1, 0.15) is 6.23 Å². The summed E-state index contributed by atoms with van der Waals surface area (Å²) in [5.41, 5.74) is 5.09. The van der Waals surface area contributed by atoms with Gasteiger partial charge in [-0.15, -0.1) is 12.4 Å². The summed E-state index contributed by atoms with van der Waals surface area (Å²) >= 11 is 0. The lowest BCUT2D eigenvalue weighted by atomic mass is 10.2. The summed E-state index contributed by atoms with van der Waals surface area (Å²) in [5.74, 6) is 0. The van der Waals surface area contributed by atoms with Crippen molar-refractivity contribution in [2.24, 2.45) is 5.73 Å². The third-order valence-corrected chi connectivity index (χ3v) is 1.10. The first-order valence-electron chi connectivity index (χ1n) is 3.21. The minimum atomic E-state index is -0.596. The van der Waals surface area contributed by atoms with Gasteiger partial charge >= 0.3 is 0 Å². The average molecular weight is 154 g/mol. The van der Waals surface area contributed by atoms with Crippen LogP contribution in [0, 0.1) is 0 Å². The number of hydrogen-bond donors (Lipinski definition) is 2. The van der Waals surface area contributed by atoms with Gasteiger partial charge in [0.25, 0.3) is 0 Å². The van der Waals surface area contributed by atoms with E-state index in [-0.39, 0.29) is 12.4 Å². The molecule has 0 saturated heterocycles. The Labute approximate surface area is 62.9 Å². The number of nitrogens with two attached hydrogens (primary N) is 1. The molecular formula is C6H16ClNO. The van der Waals surface area contributed by atoms with Crippen LogP contribution in [0.3, 0.4) is 0 Å². The standard InChI is InChI=1S/C6H15NO.ClH/c1-2-3-4-5-6(7)8;/h6,8H,2-5,7H2,1H3;1H. The summed E-state index contributed by atoms with van der Waals surface area (Å²) in [6.45, 7) is 2.13. The van der Waals surface area contributed by atoms with Crippen LogP contribution in [0.5, 0.6) is 0 Å². The molecule has 0 amide bonds. The lowest BCUT2D eigenvalue weighted by Gasteiger charge is -2.00. The zero-order chi connectivity index (χ0) is 6.41. The minimum absolute atomic E-state index is 0. The second kappa shape index (κ2) is 8.21. The van der Waals surface area contributed by atoms with Gasteiger partial charge in [-0.1, -0.05) is 19.8 Å². The highest BCUT2D eigenvalue weighted by atomic mass is 35.5. The number of aliphatic hydroxyl groups is 1. The van der Waals surface area contributed by atoms with Crippen LogP contribution in [0.25, 0.3) is 0 Å². The normalized spacial score (nSPS) is 12.3. The molecule has 9 heavy (non-hydrogen) atoms. The molecule has 0 aromatic heterocycles. The van der Waals surface area contributed by atoms with Crippen molar-refractivity contribution in [2.45, 2.75) is 38.8 Å². The molecule has 0 rings (SSSR count). The van der Waals surface area contributed by atoms with Gasteiger partial charge in [0.15, 0.2) is 0 Å². The molecule has 3 N–H and O–H groups in total. The molecule has 58 valence electrons. The van der Waals surface area contributed by atoms with Crippen molar-refractivity contribution in [3.8, 4) is 0 Å². The van der Waals surface area contributed by atoms with Crippen LogP contribution in [0.2, 0.25) is 0 Å². The Balaban J connectivity index is 0. The molecule has 1 unspecified atom stereocenters. The zero-order valence-corrected chi connectivity index (χ0v) is 6.66. The van der Waals surface area contributed by atoms with E-state index in [0.29, 0.717) is 0 Å². The van der Waals surface area contributed by atoms with E-state index in [1.165, 1.54) is 12.8 Å². The topological polar surface area (TPSA) is 46.2 Å². The largest absolute Gasteiger partial charge is 0.379 e. The van der Waals surface area contributed by atoms with Crippen LogP contribution in [0.1, 0.15) is 32.6 Å². The summed E-state index contributed by atoms with van der Waals surface area (Å²) < 4.78 is 0. The summed E-state index contributed by atoms with van der Waals surface area (Å²) in [5, 5.41) is 8.56. The molecule has 0 heterocycles. The number of aliphatic hydroxyl groups excluding tert-OH is 1. The maximum absolute atomic E-state index is 8.56. The highest BCUT2D eigenvalue weighted by Gasteiger charge is 1.92. The van der Waals surface area contributed by atoms with Crippen LogP contribution in [0.15, 0.2) is 0 Å². The summed E-state index contributed by atoms with van der Waals surface area (Å²) in [6.07, 6.45) is 3.56. The van der Waals surface area contributed by atoms with Gasteiger partial charge in [-0.25, -0.2) is 0 Å². The van der Waals surface area contributed by atoms with E-state index in [0.717, 1.165) is 12.8 Å². The van der Waals surface area contributed by atoms with Crippen molar-refractivity contribution in [1.82, 2.24) is 0 Å². The van der Waals surface area contributed by atoms with Crippen molar-refractivity contribution in [1.29, 1.82) is 0 Å². The van der Waals surface area contributed by atoms with Gasteiger partial charge in [0.2, 0.25) is 0 Å². The fourth-order valence-electron chi connectivity index (χ4n) is 0.603. The van der Waals surface area contributed by atoms with Gasteiger partial charge < -0.3 is 10.8 Å². The van der Waals surface area contributed by atoms with E-state index in [4.69, 9.17) is 10.8 Å². The Kier molecular flexibility index (Phi) is 10.9. The highest BCUT2D eigenvalue weighted by Crippen LogP contribution is 1.98. The average Bonchev–Trinajstić information content (AvgIpc) is 1.66. The van der Waals surface area contributed by atoms with E-state index in [1.807, 2.05) is 0 Å².